The molecule has 0 heterocycles. The molecular weight excluding hydrogens is 174 g/mol. The second-order valence-electron chi connectivity index (χ2n) is 4.43. The Morgan fingerprint density at radius 2 is 1.79 bits per heavy atom. The van der Waals surface area contributed by atoms with E-state index in [1.807, 2.05) is 0 Å². The highest BCUT2D eigenvalue weighted by atomic mass is 16.5. The van der Waals surface area contributed by atoms with E-state index in [2.05, 4.69) is 33.0 Å². The maximum absolute atomic E-state index is 5.36. The molecule has 2 nitrogen and oxygen atoms in total. The third-order valence-electron chi connectivity index (χ3n) is 2.70. The summed E-state index contributed by atoms with van der Waals surface area (Å²) in [5.41, 5.74) is 0. The van der Waals surface area contributed by atoms with Gasteiger partial charge in [-0.05, 0) is 25.8 Å². The van der Waals surface area contributed by atoms with Crippen molar-refractivity contribution in [3.63, 3.8) is 0 Å². The molecule has 0 saturated heterocycles. The van der Waals surface area contributed by atoms with Crippen molar-refractivity contribution in [1.82, 2.24) is 5.32 Å². The van der Waals surface area contributed by atoms with Crippen LogP contribution < -0.4 is 5.32 Å². The molecule has 2 unspecified atom stereocenters. The highest BCUT2D eigenvalue weighted by Crippen LogP contribution is 2.11. The van der Waals surface area contributed by atoms with Gasteiger partial charge >= 0.3 is 0 Å². The normalized spacial score (nSPS) is 15.9. The molecule has 0 bridgehead atoms. The van der Waals surface area contributed by atoms with Crippen LogP contribution >= 0.6 is 0 Å². The van der Waals surface area contributed by atoms with Gasteiger partial charge in [-0.25, -0.2) is 0 Å². The van der Waals surface area contributed by atoms with Gasteiger partial charge in [-0.3, -0.25) is 0 Å². The summed E-state index contributed by atoms with van der Waals surface area (Å²) in [6, 6.07) is 0.517. The maximum atomic E-state index is 5.36. The van der Waals surface area contributed by atoms with E-state index >= 15 is 0 Å². The first-order chi connectivity index (χ1) is 6.61. The topological polar surface area (TPSA) is 21.3 Å². The van der Waals surface area contributed by atoms with E-state index in [9.17, 15) is 0 Å². The molecule has 0 aromatic carbocycles. The summed E-state index contributed by atoms with van der Waals surface area (Å²) in [6.07, 6.45) is 4.16. The Morgan fingerprint density at radius 3 is 2.21 bits per heavy atom. The van der Waals surface area contributed by atoms with Gasteiger partial charge in [0.05, 0.1) is 6.10 Å². The van der Waals surface area contributed by atoms with Gasteiger partial charge in [-0.1, -0.05) is 33.6 Å². The van der Waals surface area contributed by atoms with Crippen molar-refractivity contribution in [1.29, 1.82) is 0 Å². The number of hydrogen-bond donors (Lipinski definition) is 1. The third kappa shape index (κ3) is 6.39. The number of nitrogens with one attached hydrogen (secondary N) is 1. The fourth-order valence-electron chi connectivity index (χ4n) is 1.68. The van der Waals surface area contributed by atoms with E-state index in [-0.39, 0.29) is 0 Å². The van der Waals surface area contributed by atoms with Gasteiger partial charge in [0, 0.05) is 13.2 Å². The largest absolute Gasteiger partial charge is 0.380 e. The van der Waals surface area contributed by atoms with Gasteiger partial charge in [-0.15, -0.1) is 0 Å². The fourth-order valence-corrected chi connectivity index (χ4v) is 1.68. The summed E-state index contributed by atoms with van der Waals surface area (Å²) >= 11 is 0. The second-order valence-corrected chi connectivity index (χ2v) is 4.43. The molecule has 0 saturated carbocycles. The molecule has 0 aliphatic carbocycles. The summed E-state index contributed by atoms with van der Waals surface area (Å²) in [4.78, 5) is 0. The molecule has 14 heavy (non-hydrogen) atoms. The summed E-state index contributed by atoms with van der Waals surface area (Å²) in [7, 11) is 1.79. The second kappa shape index (κ2) is 8.25. The van der Waals surface area contributed by atoms with Gasteiger partial charge in [0.1, 0.15) is 0 Å². The zero-order valence-electron chi connectivity index (χ0n) is 10.5. The van der Waals surface area contributed by atoms with Crippen molar-refractivity contribution in [2.24, 2.45) is 5.92 Å². The first kappa shape index (κ1) is 13.9. The molecule has 2 heteroatoms. The predicted molar refractivity (Wildman–Crippen MR) is 62.6 cm³/mol. The van der Waals surface area contributed by atoms with Crippen LogP contribution in [0.1, 0.15) is 47.0 Å². The van der Waals surface area contributed by atoms with E-state index in [4.69, 9.17) is 4.74 Å². The number of ether oxygens (including phenoxy) is 1. The third-order valence-corrected chi connectivity index (χ3v) is 2.70. The van der Waals surface area contributed by atoms with E-state index in [1.54, 1.807) is 7.11 Å². The van der Waals surface area contributed by atoms with Crippen LogP contribution in [0.4, 0.5) is 0 Å². The predicted octanol–water partition coefficient (Wildman–Crippen LogP) is 2.83. The van der Waals surface area contributed by atoms with Crippen LogP contribution in [0.2, 0.25) is 0 Å². The number of hydrogen-bond acceptors (Lipinski definition) is 2. The maximum Gasteiger partial charge on any atom is 0.0696 e. The van der Waals surface area contributed by atoms with Crippen LogP contribution in [0.5, 0.6) is 0 Å². The van der Waals surface area contributed by atoms with E-state index in [0.29, 0.717) is 12.1 Å². The summed E-state index contributed by atoms with van der Waals surface area (Å²) in [5, 5.41) is 3.48. The SMILES string of the molecule is CCNC(CCCC(C)C)C(C)OC. The molecule has 0 aliphatic rings. The van der Waals surface area contributed by atoms with E-state index in [0.717, 1.165) is 12.5 Å². The fraction of sp³-hybridized carbons (Fsp3) is 1.00. The lowest BCUT2D eigenvalue weighted by Gasteiger charge is -2.23. The van der Waals surface area contributed by atoms with E-state index in [1.165, 1.54) is 19.3 Å². The lowest BCUT2D eigenvalue weighted by molar-refractivity contribution is 0.0794. The molecule has 0 radical (unpaired) electrons. The number of rotatable bonds is 8. The Labute approximate surface area is 89.4 Å². The zero-order valence-corrected chi connectivity index (χ0v) is 10.5. The van der Waals surface area contributed by atoms with Crippen molar-refractivity contribution >= 4 is 0 Å². The molecule has 0 spiro atoms. The monoisotopic (exact) mass is 201 g/mol. The summed E-state index contributed by atoms with van der Waals surface area (Å²) in [5.74, 6) is 0.815. The van der Waals surface area contributed by atoms with E-state index < -0.39 is 0 Å². The minimum Gasteiger partial charge on any atom is -0.380 e. The first-order valence-electron chi connectivity index (χ1n) is 5.88. The van der Waals surface area contributed by atoms with Gasteiger partial charge < -0.3 is 10.1 Å². The first-order valence-corrected chi connectivity index (χ1v) is 5.88. The smallest absolute Gasteiger partial charge is 0.0696 e. The molecule has 0 fully saturated rings. The van der Waals surface area contributed by atoms with Crippen LogP contribution in [0, 0.1) is 5.92 Å². The Hall–Kier alpha value is -0.0800. The van der Waals surface area contributed by atoms with Crippen molar-refractivity contribution < 1.29 is 4.74 Å². The Balaban J connectivity index is 3.72. The van der Waals surface area contributed by atoms with Gasteiger partial charge in [0.2, 0.25) is 0 Å². The van der Waals surface area contributed by atoms with Gasteiger partial charge in [-0.2, -0.15) is 0 Å². The molecule has 0 aromatic rings. The summed E-state index contributed by atoms with van der Waals surface area (Å²) in [6.45, 7) is 9.88. The molecule has 2 atom stereocenters. The van der Waals surface area contributed by atoms with Crippen molar-refractivity contribution in [3.8, 4) is 0 Å². The minimum atomic E-state index is 0.321. The molecule has 0 aromatic heterocycles. The molecule has 0 aliphatic heterocycles. The quantitative estimate of drug-likeness (QED) is 0.652. The molecule has 1 N–H and O–H groups in total. The van der Waals surface area contributed by atoms with Gasteiger partial charge in [0.15, 0.2) is 0 Å². The molecule has 86 valence electrons. The standard InChI is InChI=1S/C12H27NO/c1-6-13-12(11(4)14-5)9-7-8-10(2)3/h10-13H,6-9H2,1-5H3. The highest BCUT2D eigenvalue weighted by Gasteiger charge is 2.14. The number of likely N-dealkylation sites (N-methyl/N-ethyl adjacent to an activating group) is 1. The zero-order chi connectivity index (χ0) is 11.0. The van der Waals surface area contributed by atoms with Crippen molar-refractivity contribution in [3.05, 3.63) is 0 Å². The van der Waals surface area contributed by atoms with Crippen LogP contribution in [0.15, 0.2) is 0 Å². The van der Waals surface area contributed by atoms with Crippen LogP contribution in [-0.4, -0.2) is 25.8 Å². The average molecular weight is 201 g/mol. The minimum absolute atomic E-state index is 0.321. The molecule has 0 amide bonds. The average Bonchev–Trinajstić information content (AvgIpc) is 2.15. The van der Waals surface area contributed by atoms with Crippen LogP contribution in [0.25, 0.3) is 0 Å². The van der Waals surface area contributed by atoms with Crippen LogP contribution in [-0.2, 0) is 4.74 Å². The van der Waals surface area contributed by atoms with Gasteiger partial charge in [0.25, 0.3) is 0 Å². The Bertz CT molecular complexity index is 125. The summed E-state index contributed by atoms with van der Waals surface area (Å²) < 4.78 is 5.36. The van der Waals surface area contributed by atoms with Crippen molar-refractivity contribution in [2.45, 2.75) is 59.1 Å². The highest BCUT2D eigenvalue weighted by molar-refractivity contribution is 4.73. The van der Waals surface area contributed by atoms with Crippen LogP contribution in [0.3, 0.4) is 0 Å². The lowest BCUT2D eigenvalue weighted by Crippen LogP contribution is -2.39. The lowest BCUT2D eigenvalue weighted by atomic mass is 10.0. The molecular formula is C12H27NO. The Morgan fingerprint density at radius 1 is 1.14 bits per heavy atom. The Kier molecular flexibility index (Phi) is 8.20. The molecule has 0 rings (SSSR count). The van der Waals surface area contributed by atoms with Crippen molar-refractivity contribution in [2.75, 3.05) is 13.7 Å². The number of methoxy groups -OCH3 is 1.